The standard InChI is InChI=1S/C18H25N3/c1-3-6-15-8-10-16(11-9-15)18(19)14-21(2)13-17-7-4-5-12-20-17/h4-5,7-12,18H,3,6,13-14,19H2,1-2H3. The van der Waals surface area contributed by atoms with Crippen molar-refractivity contribution in [2.24, 2.45) is 5.73 Å². The summed E-state index contributed by atoms with van der Waals surface area (Å²) >= 11 is 0. The molecule has 0 saturated heterocycles. The molecule has 1 heterocycles. The zero-order valence-electron chi connectivity index (χ0n) is 13.0. The molecule has 0 aliphatic heterocycles. The maximum atomic E-state index is 6.31. The molecule has 1 aromatic heterocycles. The van der Waals surface area contributed by atoms with Crippen molar-refractivity contribution in [2.75, 3.05) is 13.6 Å². The largest absolute Gasteiger partial charge is 0.323 e. The van der Waals surface area contributed by atoms with Crippen molar-refractivity contribution in [3.8, 4) is 0 Å². The van der Waals surface area contributed by atoms with Crippen LogP contribution in [0.2, 0.25) is 0 Å². The fourth-order valence-corrected chi connectivity index (χ4v) is 2.49. The summed E-state index contributed by atoms with van der Waals surface area (Å²) in [5.74, 6) is 0. The number of pyridine rings is 1. The molecular formula is C18H25N3. The molecule has 2 N–H and O–H groups in total. The Labute approximate surface area is 127 Å². The van der Waals surface area contributed by atoms with Crippen LogP contribution in [-0.2, 0) is 13.0 Å². The van der Waals surface area contributed by atoms with Crippen molar-refractivity contribution in [1.29, 1.82) is 0 Å². The van der Waals surface area contributed by atoms with Crippen LogP contribution < -0.4 is 5.73 Å². The minimum Gasteiger partial charge on any atom is -0.323 e. The van der Waals surface area contributed by atoms with Crippen molar-refractivity contribution in [1.82, 2.24) is 9.88 Å². The average molecular weight is 283 g/mol. The van der Waals surface area contributed by atoms with E-state index in [2.05, 4.69) is 48.1 Å². The Morgan fingerprint density at radius 3 is 2.52 bits per heavy atom. The molecule has 0 saturated carbocycles. The number of aryl methyl sites for hydroxylation is 1. The van der Waals surface area contributed by atoms with E-state index in [0.717, 1.165) is 25.2 Å². The monoisotopic (exact) mass is 283 g/mol. The summed E-state index contributed by atoms with van der Waals surface area (Å²) in [6, 6.07) is 14.7. The van der Waals surface area contributed by atoms with Gasteiger partial charge in [0.1, 0.15) is 0 Å². The molecule has 2 rings (SSSR count). The van der Waals surface area contributed by atoms with Crippen LogP contribution in [0.5, 0.6) is 0 Å². The second-order valence-electron chi connectivity index (χ2n) is 5.62. The molecule has 3 nitrogen and oxygen atoms in total. The van der Waals surface area contributed by atoms with Crippen LogP contribution in [0.15, 0.2) is 48.7 Å². The highest BCUT2D eigenvalue weighted by Crippen LogP contribution is 2.14. The normalized spacial score (nSPS) is 12.6. The fraction of sp³-hybridized carbons (Fsp3) is 0.389. The van der Waals surface area contributed by atoms with Crippen LogP contribution >= 0.6 is 0 Å². The van der Waals surface area contributed by atoms with Crippen LogP contribution in [0.3, 0.4) is 0 Å². The van der Waals surface area contributed by atoms with Crippen molar-refractivity contribution >= 4 is 0 Å². The number of nitrogens with two attached hydrogens (primary N) is 1. The summed E-state index contributed by atoms with van der Waals surface area (Å²) < 4.78 is 0. The molecule has 0 aliphatic carbocycles. The summed E-state index contributed by atoms with van der Waals surface area (Å²) in [6.45, 7) is 3.85. The summed E-state index contributed by atoms with van der Waals surface area (Å²) in [6.07, 6.45) is 4.14. The lowest BCUT2D eigenvalue weighted by molar-refractivity contribution is 0.302. The molecule has 21 heavy (non-hydrogen) atoms. The Kier molecular flexibility index (Phi) is 5.90. The molecular weight excluding hydrogens is 258 g/mol. The van der Waals surface area contributed by atoms with Gasteiger partial charge in [-0.25, -0.2) is 0 Å². The van der Waals surface area contributed by atoms with Gasteiger partial charge in [-0.2, -0.15) is 0 Å². The first-order valence-electron chi connectivity index (χ1n) is 7.62. The zero-order valence-corrected chi connectivity index (χ0v) is 13.0. The van der Waals surface area contributed by atoms with E-state index in [0.29, 0.717) is 0 Å². The molecule has 1 atom stereocenters. The van der Waals surface area contributed by atoms with E-state index in [-0.39, 0.29) is 6.04 Å². The Hall–Kier alpha value is -1.71. The van der Waals surface area contributed by atoms with E-state index in [4.69, 9.17) is 5.73 Å². The Bertz CT molecular complexity index is 522. The number of likely N-dealkylation sites (N-methyl/N-ethyl adjacent to an activating group) is 1. The number of rotatable bonds is 7. The number of aromatic nitrogens is 1. The first kappa shape index (κ1) is 15.7. The van der Waals surface area contributed by atoms with Gasteiger partial charge in [0.15, 0.2) is 0 Å². The third kappa shape index (κ3) is 4.96. The first-order valence-corrected chi connectivity index (χ1v) is 7.62. The van der Waals surface area contributed by atoms with E-state index in [1.54, 1.807) is 0 Å². The predicted octanol–water partition coefficient (Wildman–Crippen LogP) is 3.17. The molecule has 0 aliphatic rings. The van der Waals surface area contributed by atoms with Crippen molar-refractivity contribution in [2.45, 2.75) is 32.4 Å². The van der Waals surface area contributed by atoms with Gasteiger partial charge in [-0.1, -0.05) is 43.7 Å². The number of hydrogen-bond donors (Lipinski definition) is 1. The molecule has 0 radical (unpaired) electrons. The van der Waals surface area contributed by atoms with Gasteiger partial charge in [-0.3, -0.25) is 9.88 Å². The van der Waals surface area contributed by atoms with E-state index in [1.807, 2.05) is 24.4 Å². The average Bonchev–Trinajstić information content (AvgIpc) is 2.49. The molecule has 0 amide bonds. The van der Waals surface area contributed by atoms with Crippen molar-refractivity contribution < 1.29 is 0 Å². The molecule has 0 bridgehead atoms. The lowest BCUT2D eigenvalue weighted by Gasteiger charge is -2.21. The summed E-state index contributed by atoms with van der Waals surface area (Å²) in [4.78, 5) is 6.56. The van der Waals surface area contributed by atoms with Crippen LogP contribution in [0.4, 0.5) is 0 Å². The van der Waals surface area contributed by atoms with Gasteiger partial charge in [0.05, 0.1) is 5.69 Å². The number of nitrogens with zero attached hydrogens (tertiary/aromatic N) is 2. The summed E-state index contributed by atoms with van der Waals surface area (Å²) in [7, 11) is 2.08. The quantitative estimate of drug-likeness (QED) is 0.848. The zero-order chi connectivity index (χ0) is 15.1. The second kappa shape index (κ2) is 7.91. The fourth-order valence-electron chi connectivity index (χ4n) is 2.49. The van der Waals surface area contributed by atoms with Gasteiger partial charge in [0.2, 0.25) is 0 Å². The maximum absolute atomic E-state index is 6.31. The minimum atomic E-state index is 0.0365. The molecule has 1 aromatic carbocycles. The molecule has 0 spiro atoms. The van der Waals surface area contributed by atoms with E-state index in [1.165, 1.54) is 17.5 Å². The number of hydrogen-bond acceptors (Lipinski definition) is 3. The second-order valence-corrected chi connectivity index (χ2v) is 5.62. The van der Waals surface area contributed by atoms with Crippen LogP contribution in [0.25, 0.3) is 0 Å². The Balaban J connectivity index is 1.89. The molecule has 1 unspecified atom stereocenters. The highest BCUT2D eigenvalue weighted by molar-refractivity contribution is 5.25. The van der Waals surface area contributed by atoms with E-state index < -0.39 is 0 Å². The minimum absolute atomic E-state index is 0.0365. The Morgan fingerprint density at radius 2 is 1.90 bits per heavy atom. The topological polar surface area (TPSA) is 42.1 Å². The third-order valence-corrected chi connectivity index (χ3v) is 3.61. The van der Waals surface area contributed by atoms with Crippen LogP contribution in [-0.4, -0.2) is 23.5 Å². The van der Waals surface area contributed by atoms with Crippen LogP contribution in [0, 0.1) is 0 Å². The lowest BCUT2D eigenvalue weighted by Crippen LogP contribution is -2.29. The van der Waals surface area contributed by atoms with Gasteiger partial charge in [-0.15, -0.1) is 0 Å². The molecule has 112 valence electrons. The van der Waals surface area contributed by atoms with Crippen LogP contribution in [0.1, 0.15) is 36.2 Å². The van der Waals surface area contributed by atoms with Crippen molar-refractivity contribution in [3.63, 3.8) is 0 Å². The maximum Gasteiger partial charge on any atom is 0.0543 e. The van der Waals surface area contributed by atoms with Gasteiger partial charge in [0, 0.05) is 25.3 Å². The third-order valence-electron chi connectivity index (χ3n) is 3.61. The van der Waals surface area contributed by atoms with Gasteiger partial charge in [-0.05, 0) is 36.7 Å². The molecule has 2 aromatic rings. The SMILES string of the molecule is CCCc1ccc(C(N)CN(C)Cc2ccccn2)cc1. The Morgan fingerprint density at radius 1 is 1.14 bits per heavy atom. The highest BCUT2D eigenvalue weighted by Gasteiger charge is 2.10. The molecule has 3 heteroatoms. The van der Waals surface area contributed by atoms with Gasteiger partial charge in [0.25, 0.3) is 0 Å². The lowest BCUT2D eigenvalue weighted by atomic mass is 10.0. The predicted molar refractivity (Wildman–Crippen MR) is 87.9 cm³/mol. The smallest absolute Gasteiger partial charge is 0.0543 e. The van der Waals surface area contributed by atoms with Gasteiger partial charge >= 0.3 is 0 Å². The summed E-state index contributed by atoms with van der Waals surface area (Å²) in [5, 5.41) is 0. The van der Waals surface area contributed by atoms with Crippen molar-refractivity contribution in [3.05, 3.63) is 65.5 Å². The van der Waals surface area contributed by atoms with E-state index >= 15 is 0 Å². The molecule has 0 fully saturated rings. The summed E-state index contributed by atoms with van der Waals surface area (Å²) in [5.41, 5.74) is 9.97. The van der Waals surface area contributed by atoms with E-state index in [9.17, 15) is 0 Å². The van der Waals surface area contributed by atoms with Gasteiger partial charge < -0.3 is 5.73 Å². The first-order chi connectivity index (χ1) is 10.2. The highest BCUT2D eigenvalue weighted by atomic mass is 15.1. The number of benzene rings is 1.